The third-order valence-corrected chi connectivity index (χ3v) is 3.59. The van der Waals surface area contributed by atoms with Gasteiger partial charge in [0.1, 0.15) is 5.75 Å². The fraction of sp³-hybridized carbons (Fsp3) is 0.263. The van der Waals surface area contributed by atoms with Gasteiger partial charge in [-0.25, -0.2) is 4.79 Å². The van der Waals surface area contributed by atoms with Crippen molar-refractivity contribution >= 4 is 11.9 Å². The first kappa shape index (κ1) is 17.5. The number of carbonyl (C=O) groups is 2. The number of amides is 1. The molecule has 1 amide bonds. The molecule has 5 nitrogen and oxygen atoms in total. The minimum Gasteiger partial charge on any atom is -0.484 e. The van der Waals surface area contributed by atoms with E-state index < -0.39 is 5.97 Å². The first-order valence-corrected chi connectivity index (χ1v) is 7.77. The molecule has 0 spiro atoms. The average molecular weight is 327 g/mol. The maximum absolute atomic E-state index is 11.9. The number of carboxylic acids is 1. The summed E-state index contributed by atoms with van der Waals surface area (Å²) in [4.78, 5) is 22.6. The molecule has 0 bridgehead atoms. The molecule has 2 aromatic carbocycles. The maximum atomic E-state index is 11.9. The Bertz CT molecular complexity index is 708. The van der Waals surface area contributed by atoms with Gasteiger partial charge in [0.05, 0.1) is 5.56 Å². The fourth-order valence-corrected chi connectivity index (χ4v) is 2.13. The van der Waals surface area contributed by atoms with Gasteiger partial charge in [0.25, 0.3) is 5.91 Å². The number of aromatic carboxylic acids is 1. The monoisotopic (exact) mass is 327 g/mol. The molecule has 0 atom stereocenters. The Kier molecular flexibility index (Phi) is 5.95. The Labute approximate surface area is 141 Å². The summed E-state index contributed by atoms with van der Waals surface area (Å²) in [5.74, 6) is -0.131. The van der Waals surface area contributed by atoms with Gasteiger partial charge in [-0.3, -0.25) is 4.79 Å². The summed E-state index contributed by atoms with van der Waals surface area (Å²) in [6.07, 6.45) is 0. The smallest absolute Gasteiger partial charge is 0.335 e. The van der Waals surface area contributed by atoms with Gasteiger partial charge in [-0.05, 0) is 41.3 Å². The molecule has 0 saturated carbocycles. The molecule has 2 rings (SSSR count). The number of nitrogens with one attached hydrogen (secondary N) is 1. The van der Waals surface area contributed by atoms with Crippen LogP contribution >= 0.6 is 0 Å². The number of ether oxygens (including phenoxy) is 1. The molecular formula is C19H21NO4. The molecular weight excluding hydrogens is 306 g/mol. The minimum absolute atomic E-state index is 0.0608. The molecule has 0 heterocycles. The number of hydrogen-bond acceptors (Lipinski definition) is 3. The third kappa shape index (κ3) is 5.12. The van der Waals surface area contributed by atoms with Crippen LogP contribution in [0.3, 0.4) is 0 Å². The molecule has 0 aliphatic rings. The molecule has 126 valence electrons. The Balaban J connectivity index is 1.81. The van der Waals surface area contributed by atoms with Crippen LogP contribution in [0.1, 0.15) is 41.3 Å². The van der Waals surface area contributed by atoms with Crippen LogP contribution < -0.4 is 10.1 Å². The van der Waals surface area contributed by atoms with Crippen LogP contribution in [0.5, 0.6) is 5.75 Å². The number of hydrogen-bond donors (Lipinski definition) is 2. The number of rotatable bonds is 7. The van der Waals surface area contributed by atoms with Crippen LogP contribution in [0, 0.1) is 0 Å². The lowest BCUT2D eigenvalue weighted by Crippen LogP contribution is -2.28. The lowest BCUT2D eigenvalue weighted by molar-refractivity contribution is -0.123. The highest BCUT2D eigenvalue weighted by Gasteiger charge is 2.06. The van der Waals surface area contributed by atoms with Gasteiger partial charge < -0.3 is 15.2 Å². The molecule has 2 aromatic rings. The summed E-state index contributed by atoms with van der Waals surface area (Å²) in [6, 6.07) is 14.1. The largest absolute Gasteiger partial charge is 0.484 e. The molecule has 0 unspecified atom stereocenters. The van der Waals surface area contributed by atoms with Crippen LogP contribution in [-0.2, 0) is 11.3 Å². The molecule has 2 N–H and O–H groups in total. The zero-order valence-corrected chi connectivity index (χ0v) is 13.8. The summed E-state index contributed by atoms with van der Waals surface area (Å²) in [6.45, 7) is 4.46. The van der Waals surface area contributed by atoms with E-state index in [2.05, 4.69) is 19.2 Å². The van der Waals surface area contributed by atoms with Crippen molar-refractivity contribution in [3.05, 3.63) is 65.2 Å². The maximum Gasteiger partial charge on any atom is 0.335 e. The molecule has 5 heteroatoms. The first-order chi connectivity index (χ1) is 11.5. The second-order valence-electron chi connectivity index (χ2n) is 5.79. The van der Waals surface area contributed by atoms with Gasteiger partial charge in [-0.2, -0.15) is 0 Å². The standard InChI is InChI=1S/C19H21NO4/c1-13(2)16-4-3-5-17(10-16)24-12-18(21)20-11-14-6-8-15(9-7-14)19(22)23/h3-10,13H,11-12H2,1-2H3,(H,20,21)(H,22,23). The van der Waals surface area contributed by atoms with Crippen LogP contribution in [0.15, 0.2) is 48.5 Å². The Hall–Kier alpha value is -2.82. The number of carboxylic acid groups (broad SMARTS) is 1. The fourth-order valence-electron chi connectivity index (χ4n) is 2.13. The van der Waals surface area contributed by atoms with Gasteiger partial charge in [0, 0.05) is 6.54 Å². The predicted molar refractivity (Wildman–Crippen MR) is 91.3 cm³/mol. The Morgan fingerprint density at radius 3 is 2.46 bits per heavy atom. The van der Waals surface area contributed by atoms with Crippen LogP contribution in [-0.4, -0.2) is 23.6 Å². The van der Waals surface area contributed by atoms with Crippen LogP contribution in [0.2, 0.25) is 0 Å². The lowest BCUT2D eigenvalue weighted by Gasteiger charge is -2.10. The first-order valence-electron chi connectivity index (χ1n) is 7.77. The molecule has 24 heavy (non-hydrogen) atoms. The molecule has 0 aliphatic carbocycles. The van der Waals surface area contributed by atoms with E-state index in [1.54, 1.807) is 12.1 Å². The quantitative estimate of drug-likeness (QED) is 0.819. The van der Waals surface area contributed by atoms with Crippen molar-refractivity contribution < 1.29 is 19.4 Å². The highest BCUT2D eigenvalue weighted by molar-refractivity contribution is 5.87. The van der Waals surface area contributed by atoms with Crippen LogP contribution in [0.4, 0.5) is 0 Å². The van der Waals surface area contributed by atoms with Crippen molar-refractivity contribution in [3.63, 3.8) is 0 Å². The normalized spacial score (nSPS) is 10.5. The van der Waals surface area contributed by atoms with Gasteiger partial charge in [-0.1, -0.05) is 38.1 Å². The molecule has 0 saturated heterocycles. The lowest BCUT2D eigenvalue weighted by atomic mass is 10.0. The second-order valence-corrected chi connectivity index (χ2v) is 5.79. The Morgan fingerprint density at radius 1 is 1.12 bits per heavy atom. The van der Waals surface area contributed by atoms with Gasteiger partial charge in [0.2, 0.25) is 0 Å². The molecule has 0 aromatic heterocycles. The zero-order valence-electron chi connectivity index (χ0n) is 13.8. The third-order valence-electron chi connectivity index (χ3n) is 3.59. The van der Waals surface area contributed by atoms with Crippen molar-refractivity contribution in [2.45, 2.75) is 26.3 Å². The second kappa shape index (κ2) is 8.15. The predicted octanol–water partition coefficient (Wildman–Crippen LogP) is 3.20. The van der Waals surface area contributed by atoms with Gasteiger partial charge in [-0.15, -0.1) is 0 Å². The Morgan fingerprint density at radius 2 is 1.83 bits per heavy atom. The van der Waals surface area contributed by atoms with E-state index in [-0.39, 0.29) is 18.1 Å². The zero-order chi connectivity index (χ0) is 17.5. The van der Waals surface area contributed by atoms with E-state index in [9.17, 15) is 9.59 Å². The summed E-state index contributed by atoms with van der Waals surface area (Å²) in [7, 11) is 0. The van der Waals surface area contributed by atoms with Crippen molar-refractivity contribution in [2.24, 2.45) is 0 Å². The average Bonchev–Trinajstić information content (AvgIpc) is 2.58. The molecule has 0 fully saturated rings. The van der Waals surface area contributed by atoms with E-state index in [1.807, 2.05) is 24.3 Å². The summed E-state index contributed by atoms with van der Waals surface area (Å²) >= 11 is 0. The van der Waals surface area contributed by atoms with Crippen LogP contribution in [0.25, 0.3) is 0 Å². The van der Waals surface area contributed by atoms with Crippen molar-refractivity contribution in [3.8, 4) is 5.75 Å². The summed E-state index contributed by atoms with van der Waals surface area (Å²) in [5, 5.41) is 11.6. The van der Waals surface area contributed by atoms with E-state index in [4.69, 9.17) is 9.84 Å². The van der Waals surface area contributed by atoms with E-state index >= 15 is 0 Å². The van der Waals surface area contributed by atoms with Gasteiger partial charge in [0.15, 0.2) is 6.61 Å². The summed E-state index contributed by atoms with van der Waals surface area (Å²) < 4.78 is 5.51. The topological polar surface area (TPSA) is 75.6 Å². The van der Waals surface area contributed by atoms with Crippen molar-refractivity contribution in [2.75, 3.05) is 6.61 Å². The van der Waals surface area contributed by atoms with E-state index in [0.717, 1.165) is 11.1 Å². The number of benzene rings is 2. The van der Waals surface area contributed by atoms with E-state index in [1.165, 1.54) is 12.1 Å². The minimum atomic E-state index is -0.970. The van der Waals surface area contributed by atoms with Crippen molar-refractivity contribution in [1.82, 2.24) is 5.32 Å². The molecule has 0 radical (unpaired) electrons. The van der Waals surface area contributed by atoms with Gasteiger partial charge >= 0.3 is 5.97 Å². The SMILES string of the molecule is CC(C)c1cccc(OCC(=O)NCc2ccc(C(=O)O)cc2)c1. The highest BCUT2D eigenvalue weighted by Crippen LogP contribution is 2.19. The number of carbonyl (C=O) groups excluding carboxylic acids is 1. The van der Waals surface area contributed by atoms with E-state index in [0.29, 0.717) is 18.2 Å². The van der Waals surface area contributed by atoms with Crippen molar-refractivity contribution in [1.29, 1.82) is 0 Å². The highest BCUT2D eigenvalue weighted by atomic mass is 16.5. The summed E-state index contributed by atoms with van der Waals surface area (Å²) in [5.41, 5.74) is 2.21. The molecule has 0 aliphatic heterocycles.